The van der Waals surface area contributed by atoms with E-state index in [0.29, 0.717) is 0 Å². The molecule has 1 aromatic carbocycles. The van der Waals surface area contributed by atoms with Gasteiger partial charge >= 0.3 is 139 Å². The van der Waals surface area contributed by atoms with E-state index in [9.17, 15) is 0 Å². The number of unbranched alkanes of at least 4 members (excludes halogenated alkanes) is 3. The van der Waals surface area contributed by atoms with Crippen molar-refractivity contribution in [2.75, 3.05) is 18.5 Å². The topological polar surface area (TPSA) is 0 Å². The third-order valence-corrected chi connectivity index (χ3v) is 10.4. The molecule has 0 radical (unpaired) electrons. The van der Waals surface area contributed by atoms with Crippen LogP contribution in [0.3, 0.4) is 0 Å². The van der Waals surface area contributed by atoms with Crippen LogP contribution in [0.25, 0.3) is 6.08 Å². The van der Waals surface area contributed by atoms with Crippen molar-refractivity contribution in [3.8, 4) is 0 Å². The normalized spacial score (nSPS) is 11.8. The van der Waals surface area contributed by atoms with Crippen molar-refractivity contribution in [1.29, 1.82) is 0 Å². The van der Waals surface area contributed by atoms with Crippen molar-refractivity contribution in [3.05, 3.63) is 42.0 Å². The fraction of sp³-hybridized carbons (Fsp3) is 0.619. The largest absolute Gasteiger partial charge is 0.153 e. The molecule has 0 heterocycles. The fourth-order valence-corrected chi connectivity index (χ4v) is 9.31. The van der Waals surface area contributed by atoms with Gasteiger partial charge in [0.1, 0.15) is 0 Å². The molecule has 0 aliphatic rings. The summed E-state index contributed by atoms with van der Waals surface area (Å²) in [5.41, 5.74) is 2.93. The average Bonchev–Trinajstić information content (AvgIpc) is 2.56. The Morgan fingerprint density at radius 3 is 1.78 bits per heavy atom. The molecule has 1 unspecified atom stereocenters. The van der Waals surface area contributed by atoms with Gasteiger partial charge in [-0.3, -0.25) is 0 Å². The van der Waals surface area contributed by atoms with Crippen LogP contribution in [-0.4, -0.2) is 18.5 Å². The van der Waals surface area contributed by atoms with Crippen LogP contribution in [0.1, 0.15) is 70.4 Å². The van der Waals surface area contributed by atoms with Crippen molar-refractivity contribution in [1.82, 2.24) is 0 Å². The number of hydrogen-bond donors (Lipinski definition) is 0. The molecule has 0 aliphatic carbocycles. The maximum Gasteiger partial charge on any atom is -0.153 e. The van der Waals surface area contributed by atoms with E-state index in [1.54, 1.807) is 5.56 Å². The maximum atomic E-state index is 4.02. The Hall–Kier alpha value is -0.180. The first kappa shape index (κ1) is 22.8. The summed E-state index contributed by atoms with van der Waals surface area (Å²) in [7, 11) is -1.19. The second kappa shape index (κ2) is 13.1. The molecule has 0 aromatic heterocycles. The Morgan fingerprint density at radius 2 is 1.35 bits per heavy atom. The van der Waals surface area contributed by atoms with Gasteiger partial charge in [0.2, 0.25) is 0 Å². The van der Waals surface area contributed by atoms with Gasteiger partial charge in [-0.05, 0) is 0 Å². The number of hydrogen-bond acceptors (Lipinski definition) is 0. The van der Waals surface area contributed by atoms with Crippen LogP contribution >= 0.6 is 17.2 Å². The smallest absolute Gasteiger partial charge is 0.153 e. The molecule has 0 amide bonds. The zero-order chi connectivity index (χ0) is 16.3. The van der Waals surface area contributed by atoms with Crippen molar-refractivity contribution >= 4 is 23.2 Å². The second-order valence-corrected chi connectivity index (χ2v) is 11.7. The molecule has 0 spiro atoms. The summed E-state index contributed by atoms with van der Waals surface area (Å²) in [6, 6.07) is 8.94. The third kappa shape index (κ3) is 7.96. The third-order valence-electron chi connectivity index (χ3n) is 5.02. The molecule has 0 saturated carbocycles. The van der Waals surface area contributed by atoms with E-state index in [2.05, 4.69) is 51.6 Å². The number of rotatable bonds is 12. The Morgan fingerprint density at radius 1 is 0.870 bits per heavy atom. The minimum atomic E-state index is -1.19. The molecule has 0 nitrogen and oxygen atoms in total. The molecule has 0 N–H and O–H groups in total. The minimum Gasteiger partial charge on any atom is -0.153 e. The van der Waals surface area contributed by atoms with Crippen LogP contribution in [0.5, 0.6) is 0 Å². The predicted octanol–water partition coefficient (Wildman–Crippen LogP) is 7.04. The van der Waals surface area contributed by atoms with Crippen molar-refractivity contribution in [2.45, 2.75) is 65.5 Å². The molecule has 2 heteroatoms. The van der Waals surface area contributed by atoms with E-state index in [1.807, 2.05) is 6.08 Å². The van der Waals surface area contributed by atoms with Crippen LogP contribution in [0.15, 0.2) is 30.8 Å². The SMILES string of the molecule is C=Cc1ccccc1C[PH](CCCC)(CCCC)CCCC.P. The van der Waals surface area contributed by atoms with Crippen LogP contribution in [0, 0.1) is 0 Å². The average molecular weight is 354 g/mol. The van der Waals surface area contributed by atoms with Crippen molar-refractivity contribution in [3.63, 3.8) is 0 Å². The van der Waals surface area contributed by atoms with Gasteiger partial charge in [0.15, 0.2) is 0 Å². The first-order chi connectivity index (χ1) is 10.7. The van der Waals surface area contributed by atoms with Crippen LogP contribution < -0.4 is 0 Å². The molecule has 0 bridgehead atoms. The van der Waals surface area contributed by atoms with Gasteiger partial charge in [0.25, 0.3) is 0 Å². The van der Waals surface area contributed by atoms with Crippen LogP contribution in [-0.2, 0) is 6.16 Å². The summed E-state index contributed by atoms with van der Waals surface area (Å²) in [6.07, 6.45) is 16.3. The summed E-state index contributed by atoms with van der Waals surface area (Å²) < 4.78 is 0. The Bertz CT molecular complexity index is 404. The Labute approximate surface area is 149 Å². The van der Waals surface area contributed by atoms with Gasteiger partial charge in [-0.1, -0.05) is 0 Å². The number of benzene rings is 1. The fourth-order valence-electron chi connectivity index (χ4n) is 3.59. The first-order valence-corrected chi connectivity index (χ1v) is 12.2. The summed E-state index contributed by atoms with van der Waals surface area (Å²) in [6.45, 7) is 11.1. The molecule has 23 heavy (non-hydrogen) atoms. The molecule has 1 atom stereocenters. The molecule has 134 valence electrons. The zero-order valence-electron chi connectivity index (χ0n) is 15.9. The van der Waals surface area contributed by atoms with E-state index in [4.69, 9.17) is 0 Å². The van der Waals surface area contributed by atoms with Gasteiger partial charge in [-0.15, -0.1) is 0 Å². The standard InChI is InChI=1S/C21H37P.H3P/c1-5-9-16-22(17-10-6-2,18-11-7-3)19-21-15-13-12-14-20(21)8-4;/h8,12-15,22H,4-7,9-11,16-19H2,1-3H3;1H3. The molecule has 1 rings (SSSR count). The Kier molecular flexibility index (Phi) is 13.0. The van der Waals surface area contributed by atoms with Crippen molar-refractivity contribution < 1.29 is 0 Å². The monoisotopic (exact) mass is 354 g/mol. The van der Waals surface area contributed by atoms with Crippen LogP contribution in [0.4, 0.5) is 0 Å². The van der Waals surface area contributed by atoms with Gasteiger partial charge < -0.3 is 0 Å². The predicted molar refractivity (Wildman–Crippen MR) is 119 cm³/mol. The maximum absolute atomic E-state index is 4.02. The summed E-state index contributed by atoms with van der Waals surface area (Å²) in [5, 5.41) is 0. The van der Waals surface area contributed by atoms with E-state index in [0.717, 1.165) is 0 Å². The minimum absolute atomic E-state index is 0. The zero-order valence-corrected chi connectivity index (χ0v) is 18.3. The quantitative estimate of drug-likeness (QED) is 0.353. The molecule has 0 aliphatic heterocycles. The molecule has 0 fully saturated rings. The van der Waals surface area contributed by atoms with Gasteiger partial charge in [-0.25, -0.2) is 0 Å². The van der Waals surface area contributed by atoms with Crippen molar-refractivity contribution in [2.24, 2.45) is 0 Å². The Balaban J connectivity index is 0.00000484. The summed E-state index contributed by atoms with van der Waals surface area (Å²) >= 11 is 0. The van der Waals surface area contributed by atoms with E-state index in [1.165, 1.54) is 68.7 Å². The van der Waals surface area contributed by atoms with Gasteiger partial charge in [0.05, 0.1) is 0 Å². The summed E-state index contributed by atoms with van der Waals surface area (Å²) in [4.78, 5) is 0. The van der Waals surface area contributed by atoms with Crippen LogP contribution in [0.2, 0.25) is 0 Å². The molecule has 1 aromatic rings. The first-order valence-electron chi connectivity index (χ1n) is 9.41. The van der Waals surface area contributed by atoms with E-state index in [-0.39, 0.29) is 9.90 Å². The molecule has 0 saturated heterocycles. The van der Waals surface area contributed by atoms with E-state index < -0.39 is 7.26 Å². The van der Waals surface area contributed by atoms with E-state index >= 15 is 0 Å². The van der Waals surface area contributed by atoms with Gasteiger partial charge in [-0.2, -0.15) is 9.90 Å². The second-order valence-electron chi connectivity index (χ2n) is 6.89. The molecular formula is C21H40P2. The molecular weight excluding hydrogens is 314 g/mol. The van der Waals surface area contributed by atoms with Gasteiger partial charge in [0, 0.05) is 0 Å². The summed E-state index contributed by atoms with van der Waals surface area (Å²) in [5.74, 6) is 0.